The van der Waals surface area contributed by atoms with E-state index in [1.807, 2.05) is 48.5 Å². The summed E-state index contributed by atoms with van der Waals surface area (Å²) in [5, 5.41) is 4.12. The Morgan fingerprint density at radius 2 is 1.66 bits per heavy atom. The van der Waals surface area contributed by atoms with E-state index in [2.05, 4.69) is 46.3 Å². The fourth-order valence-corrected chi connectivity index (χ4v) is 4.21. The average Bonchev–Trinajstić information content (AvgIpc) is 3.34. The van der Waals surface area contributed by atoms with Gasteiger partial charge in [0.05, 0.1) is 11.9 Å². The van der Waals surface area contributed by atoms with E-state index in [1.54, 1.807) is 30.3 Å². The molecule has 0 atom stereocenters. The van der Waals surface area contributed by atoms with Gasteiger partial charge in [0.25, 0.3) is 5.91 Å². The van der Waals surface area contributed by atoms with E-state index in [4.69, 9.17) is 4.74 Å². The number of carbonyl (C=O) groups is 1. The van der Waals surface area contributed by atoms with Gasteiger partial charge in [0.2, 0.25) is 0 Å². The number of nitrogens with zero attached hydrogens (tertiary/aromatic N) is 2. The second kappa shape index (κ2) is 11.4. The zero-order valence-electron chi connectivity index (χ0n) is 20.8. The van der Waals surface area contributed by atoms with E-state index in [1.165, 1.54) is 18.3 Å². The van der Waals surface area contributed by atoms with Gasteiger partial charge in [-0.25, -0.2) is 9.82 Å². The van der Waals surface area contributed by atoms with Crippen LogP contribution in [0.5, 0.6) is 5.75 Å². The van der Waals surface area contributed by atoms with E-state index in [9.17, 15) is 9.18 Å². The number of hydrogen-bond acceptors (Lipinski definition) is 3. The van der Waals surface area contributed by atoms with Gasteiger partial charge in [-0.2, -0.15) is 5.10 Å². The Balaban J connectivity index is 1.25. The SMILES string of the molecule is Cc1ccc(-c2ccccc2)n1-c1ccc(C(=O)N/N=C/c2ccccc2OCc2cccc(F)c2)cc1. The number of amides is 1. The number of carbonyl (C=O) groups excluding carboxylic acids is 1. The summed E-state index contributed by atoms with van der Waals surface area (Å²) in [5.41, 5.74) is 8.76. The maximum atomic E-state index is 13.4. The summed E-state index contributed by atoms with van der Waals surface area (Å²) in [6.07, 6.45) is 1.53. The van der Waals surface area contributed by atoms with Gasteiger partial charge in [0.1, 0.15) is 18.2 Å². The van der Waals surface area contributed by atoms with Crippen LogP contribution in [-0.4, -0.2) is 16.7 Å². The van der Waals surface area contributed by atoms with Gasteiger partial charge < -0.3 is 9.30 Å². The standard InChI is InChI=1S/C32H26FN3O2/c1-23-14-19-30(25-9-3-2-4-10-25)36(23)29-17-15-26(16-18-29)32(37)35-34-21-27-11-5-6-13-31(27)38-22-24-8-7-12-28(33)20-24/h2-21H,22H2,1H3,(H,35,37)/b34-21+. The monoisotopic (exact) mass is 503 g/mol. The lowest BCUT2D eigenvalue weighted by Crippen LogP contribution is -2.17. The Labute approximate surface area is 220 Å². The minimum atomic E-state index is -0.321. The summed E-state index contributed by atoms with van der Waals surface area (Å²) in [6.45, 7) is 2.27. The van der Waals surface area contributed by atoms with E-state index in [-0.39, 0.29) is 18.3 Å². The van der Waals surface area contributed by atoms with Gasteiger partial charge in [-0.05, 0) is 78.7 Å². The number of benzene rings is 4. The van der Waals surface area contributed by atoms with Crippen LogP contribution in [0.25, 0.3) is 16.9 Å². The number of hydrogen-bond donors (Lipinski definition) is 1. The molecule has 0 aliphatic heterocycles. The van der Waals surface area contributed by atoms with Crippen molar-refractivity contribution in [2.24, 2.45) is 5.10 Å². The van der Waals surface area contributed by atoms with Gasteiger partial charge >= 0.3 is 0 Å². The zero-order valence-corrected chi connectivity index (χ0v) is 20.8. The van der Waals surface area contributed by atoms with Crippen LogP contribution in [0.2, 0.25) is 0 Å². The number of aromatic nitrogens is 1. The van der Waals surface area contributed by atoms with Crippen molar-refractivity contribution in [2.45, 2.75) is 13.5 Å². The van der Waals surface area contributed by atoms with Crippen molar-refractivity contribution in [2.75, 3.05) is 0 Å². The van der Waals surface area contributed by atoms with Crippen LogP contribution in [-0.2, 0) is 6.61 Å². The second-order valence-corrected chi connectivity index (χ2v) is 8.76. The molecule has 5 aromatic rings. The third kappa shape index (κ3) is 5.71. The van der Waals surface area contributed by atoms with Crippen molar-refractivity contribution in [1.29, 1.82) is 0 Å². The van der Waals surface area contributed by atoms with Gasteiger partial charge in [-0.15, -0.1) is 0 Å². The van der Waals surface area contributed by atoms with Crippen LogP contribution in [0.1, 0.15) is 27.2 Å². The fraction of sp³-hybridized carbons (Fsp3) is 0.0625. The van der Waals surface area contributed by atoms with Crippen LogP contribution in [0.3, 0.4) is 0 Å². The lowest BCUT2D eigenvalue weighted by atomic mass is 10.1. The summed E-state index contributed by atoms with van der Waals surface area (Å²) < 4.78 is 21.4. The topological polar surface area (TPSA) is 55.6 Å². The number of ether oxygens (including phenoxy) is 1. The Morgan fingerprint density at radius 1 is 0.895 bits per heavy atom. The molecular formula is C32H26FN3O2. The quantitative estimate of drug-likeness (QED) is 0.184. The highest BCUT2D eigenvalue weighted by Crippen LogP contribution is 2.26. The molecule has 0 spiro atoms. The Bertz CT molecular complexity index is 1570. The van der Waals surface area contributed by atoms with Crippen LogP contribution in [0.15, 0.2) is 120 Å². The summed E-state index contributed by atoms with van der Waals surface area (Å²) >= 11 is 0. The molecule has 5 nitrogen and oxygen atoms in total. The molecule has 1 heterocycles. The van der Waals surface area contributed by atoms with E-state index < -0.39 is 0 Å². The summed E-state index contributed by atoms with van der Waals surface area (Å²) in [6, 6.07) is 35.4. The number of para-hydroxylation sites is 1. The molecule has 0 radical (unpaired) electrons. The highest BCUT2D eigenvalue weighted by Gasteiger charge is 2.11. The van der Waals surface area contributed by atoms with Gasteiger partial charge in [-0.1, -0.05) is 54.6 Å². The van der Waals surface area contributed by atoms with E-state index in [0.717, 1.165) is 28.2 Å². The summed E-state index contributed by atoms with van der Waals surface area (Å²) in [5.74, 6) is -0.0503. The Hall–Kier alpha value is -4.97. The summed E-state index contributed by atoms with van der Waals surface area (Å²) in [7, 11) is 0. The van der Waals surface area contributed by atoms with Crippen LogP contribution in [0.4, 0.5) is 4.39 Å². The van der Waals surface area contributed by atoms with Crippen LogP contribution >= 0.6 is 0 Å². The number of rotatable bonds is 8. The number of halogens is 1. The molecule has 1 amide bonds. The first kappa shape index (κ1) is 24.7. The number of aryl methyl sites for hydroxylation is 1. The first-order valence-electron chi connectivity index (χ1n) is 12.2. The zero-order chi connectivity index (χ0) is 26.3. The first-order chi connectivity index (χ1) is 18.6. The highest BCUT2D eigenvalue weighted by atomic mass is 19.1. The van der Waals surface area contributed by atoms with Crippen molar-refractivity contribution in [3.63, 3.8) is 0 Å². The molecule has 38 heavy (non-hydrogen) atoms. The lowest BCUT2D eigenvalue weighted by molar-refractivity contribution is 0.0955. The Kier molecular flexibility index (Phi) is 7.41. The smallest absolute Gasteiger partial charge is 0.271 e. The van der Waals surface area contributed by atoms with Gasteiger partial charge in [0, 0.05) is 22.5 Å². The molecule has 0 aliphatic carbocycles. The first-order valence-corrected chi connectivity index (χ1v) is 12.2. The van der Waals surface area contributed by atoms with Gasteiger partial charge in [0.15, 0.2) is 0 Å². The summed E-state index contributed by atoms with van der Waals surface area (Å²) in [4.78, 5) is 12.7. The molecule has 1 aromatic heterocycles. The van der Waals surface area contributed by atoms with Crippen LogP contribution in [0, 0.1) is 12.7 Å². The minimum absolute atomic E-state index is 0.216. The average molecular weight is 504 g/mol. The molecule has 0 aliphatic rings. The largest absolute Gasteiger partial charge is 0.488 e. The molecule has 4 aromatic carbocycles. The second-order valence-electron chi connectivity index (χ2n) is 8.76. The molecule has 0 saturated heterocycles. The third-order valence-corrected chi connectivity index (χ3v) is 6.11. The molecule has 0 saturated carbocycles. The Morgan fingerprint density at radius 3 is 2.45 bits per heavy atom. The molecule has 0 bridgehead atoms. The van der Waals surface area contributed by atoms with Crippen molar-refractivity contribution < 1.29 is 13.9 Å². The molecule has 188 valence electrons. The predicted octanol–water partition coefficient (Wildman–Crippen LogP) is 6.93. The number of hydrazone groups is 1. The predicted molar refractivity (Wildman–Crippen MR) is 148 cm³/mol. The van der Waals surface area contributed by atoms with Crippen LogP contribution < -0.4 is 10.2 Å². The van der Waals surface area contributed by atoms with Gasteiger partial charge in [-0.3, -0.25) is 4.79 Å². The van der Waals surface area contributed by atoms with E-state index in [0.29, 0.717) is 16.9 Å². The molecule has 6 heteroatoms. The molecule has 1 N–H and O–H groups in total. The van der Waals surface area contributed by atoms with Crippen molar-refractivity contribution in [1.82, 2.24) is 9.99 Å². The maximum Gasteiger partial charge on any atom is 0.271 e. The lowest BCUT2D eigenvalue weighted by Gasteiger charge is -2.13. The normalized spacial score (nSPS) is 11.0. The number of nitrogens with one attached hydrogen (secondary N) is 1. The van der Waals surface area contributed by atoms with Crippen molar-refractivity contribution in [3.8, 4) is 22.7 Å². The third-order valence-electron chi connectivity index (χ3n) is 6.11. The molecule has 0 unspecified atom stereocenters. The highest BCUT2D eigenvalue weighted by molar-refractivity contribution is 5.95. The maximum absolute atomic E-state index is 13.4. The molecule has 5 rings (SSSR count). The minimum Gasteiger partial charge on any atom is -0.488 e. The van der Waals surface area contributed by atoms with Crippen molar-refractivity contribution >= 4 is 12.1 Å². The van der Waals surface area contributed by atoms with Crippen molar-refractivity contribution in [3.05, 3.63) is 143 Å². The molecule has 0 fully saturated rings. The molecular weight excluding hydrogens is 477 g/mol. The van der Waals surface area contributed by atoms with E-state index >= 15 is 0 Å². The fourth-order valence-electron chi connectivity index (χ4n) is 4.21.